The molecule has 6 nitrogen and oxygen atoms in total. The summed E-state index contributed by atoms with van der Waals surface area (Å²) in [4.78, 5) is 12.4. The first kappa shape index (κ1) is 22.4. The summed E-state index contributed by atoms with van der Waals surface area (Å²) in [7, 11) is -2.30. The normalized spacial score (nSPS) is 11.3. The van der Waals surface area contributed by atoms with E-state index in [0.29, 0.717) is 27.7 Å². The van der Waals surface area contributed by atoms with Gasteiger partial charge in [-0.1, -0.05) is 35.9 Å². The van der Waals surface area contributed by atoms with E-state index in [2.05, 4.69) is 10.0 Å². The van der Waals surface area contributed by atoms with Crippen LogP contribution in [0.2, 0.25) is 5.02 Å². The van der Waals surface area contributed by atoms with E-state index in [4.69, 9.17) is 16.3 Å². The van der Waals surface area contributed by atoms with E-state index in [0.717, 1.165) is 5.56 Å². The standard InChI is InChI=1S/C23H21ClN2O4S/c1-16-9-11-19(25-23(27)12-10-17-5-3-8-21(13-17)30-2)15-22(16)31(28,29)26-20-7-4-6-18(24)14-20/h3-15,26H,1-2H3,(H,25,27)/b12-10+. The number of nitrogens with one attached hydrogen (secondary N) is 2. The molecule has 0 unspecified atom stereocenters. The van der Waals surface area contributed by atoms with Crippen LogP contribution in [0.5, 0.6) is 5.75 Å². The molecule has 0 heterocycles. The summed E-state index contributed by atoms with van der Waals surface area (Å²) >= 11 is 5.93. The molecule has 2 N–H and O–H groups in total. The molecule has 0 aliphatic rings. The van der Waals surface area contributed by atoms with Gasteiger partial charge in [0.05, 0.1) is 17.7 Å². The van der Waals surface area contributed by atoms with Crippen LogP contribution in [-0.2, 0) is 14.8 Å². The number of hydrogen-bond donors (Lipinski definition) is 2. The molecule has 0 aliphatic carbocycles. The second-order valence-electron chi connectivity index (χ2n) is 6.70. The maximum absolute atomic E-state index is 12.9. The minimum atomic E-state index is -3.87. The molecule has 0 radical (unpaired) electrons. The Morgan fingerprint density at radius 2 is 1.77 bits per heavy atom. The number of aryl methyl sites for hydroxylation is 1. The molecule has 0 saturated heterocycles. The first-order valence-corrected chi connectivity index (χ1v) is 11.1. The van der Waals surface area contributed by atoms with Crippen molar-refractivity contribution in [2.75, 3.05) is 17.1 Å². The molecule has 1 amide bonds. The summed E-state index contributed by atoms with van der Waals surface area (Å²) in [5.74, 6) is 0.293. The number of rotatable bonds is 7. The monoisotopic (exact) mass is 456 g/mol. The number of sulfonamides is 1. The number of methoxy groups -OCH3 is 1. The summed E-state index contributed by atoms with van der Waals surface area (Å²) in [6, 6.07) is 18.4. The van der Waals surface area contributed by atoms with Gasteiger partial charge in [-0.15, -0.1) is 0 Å². The van der Waals surface area contributed by atoms with Crippen molar-refractivity contribution in [3.8, 4) is 5.75 Å². The first-order chi connectivity index (χ1) is 14.8. The zero-order chi connectivity index (χ0) is 22.4. The van der Waals surface area contributed by atoms with Crippen LogP contribution in [0.1, 0.15) is 11.1 Å². The third kappa shape index (κ3) is 6.10. The average Bonchev–Trinajstić information content (AvgIpc) is 2.73. The van der Waals surface area contributed by atoms with Crippen LogP contribution >= 0.6 is 11.6 Å². The zero-order valence-corrected chi connectivity index (χ0v) is 18.5. The number of carbonyl (C=O) groups is 1. The van der Waals surface area contributed by atoms with E-state index in [1.165, 1.54) is 18.2 Å². The molecule has 160 valence electrons. The Morgan fingerprint density at radius 3 is 2.52 bits per heavy atom. The van der Waals surface area contributed by atoms with Gasteiger partial charge in [0.15, 0.2) is 0 Å². The Hall–Kier alpha value is -3.29. The van der Waals surface area contributed by atoms with Gasteiger partial charge >= 0.3 is 0 Å². The van der Waals surface area contributed by atoms with Crippen LogP contribution < -0.4 is 14.8 Å². The first-order valence-electron chi connectivity index (χ1n) is 9.29. The molecule has 0 spiro atoms. The maximum Gasteiger partial charge on any atom is 0.262 e. The van der Waals surface area contributed by atoms with Gasteiger partial charge in [-0.2, -0.15) is 0 Å². The van der Waals surface area contributed by atoms with E-state index in [1.54, 1.807) is 56.5 Å². The Balaban J connectivity index is 1.77. The van der Waals surface area contributed by atoms with Gasteiger partial charge in [0, 0.05) is 16.8 Å². The highest BCUT2D eigenvalue weighted by atomic mass is 35.5. The lowest BCUT2D eigenvalue weighted by Crippen LogP contribution is -2.15. The third-order valence-electron chi connectivity index (χ3n) is 4.34. The van der Waals surface area contributed by atoms with E-state index in [9.17, 15) is 13.2 Å². The summed E-state index contributed by atoms with van der Waals surface area (Å²) in [6.45, 7) is 1.68. The number of halogens is 1. The van der Waals surface area contributed by atoms with Crippen LogP contribution in [0.3, 0.4) is 0 Å². The highest BCUT2D eigenvalue weighted by Gasteiger charge is 2.18. The van der Waals surface area contributed by atoms with Crippen LogP contribution in [0, 0.1) is 6.92 Å². The topological polar surface area (TPSA) is 84.5 Å². The smallest absolute Gasteiger partial charge is 0.262 e. The zero-order valence-electron chi connectivity index (χ0n) is 16.9. The van der Waals surface area contributed by atoms with Crippen LogP contribution in [0.25, 0.3) is 6.08 Å². The van der Waals surface area contributed by atoms with E-state index >= 15 is 0 Å². The number of anilines is 2. The van der Waals surface area contributed by atoms with Crippen molar-refractivity contribution in [2.24, 2.45) is 0 Å². The molecule has 0 bridgehead atoms. The molecule has 3 aromatic carbocycles. The van der Waals surface area contributed by atoms with Gasteiger partial charge in [0.1, 0.15) is 5.75 Å². The van der Waals surface area contributed by atoms with Gasteiger partial charge < -0.3 is 10.1 Å². The number of benzene rings is 3. The predicted octanol–water partition coefficient (Wildman–Crippen LogP) is 5.11. The SMILES string of the molecule is COc1cccc(/C=C/C(=O)Nc2ccc(C)c(S(=O)(=O)Nc3cccc(Cl)c3)c2)c1. The van der Waals surface area contributed by atoms with E-state index < -0.39 is 15.9 Å². The molecule has 0 fully saturated rings. The molecule has 8 heteroatoms. The molecule has 0 aliphatic heterocycles. The van der Waals surface area contributed by atoms with Crippen LogP contribution in [-0.4, -0.2) is 21.4 Å². The van der Waals surface area contributed by atoms with Crippen molar-refractivity contribution < 1.29 is 17.9 Å². The minimum Gasteiger partial charge on any atom is -0.497 e. The number of ether oxygens (including phenoxy) is 1. The van der Waals surface area contributed by atoms with Crippen molar-refractivity contribution in [3.05, 3.63) is 89.0 Å². The van der Waals surface area contributed by atoms with Gasteiger partial charge in [0.25, 0.3) is 10.0 Å². The highest BCUT2D eigenvalue weighted by Crippen LogP contribution is 2.24. The minimum absolute atomic E-state index is 0.0575. The fourth-order valence-electron chi connectivity index (χ4n) is 2.83. The Morgan fingerprint density at radius 1 is 1.00 bits per heavy atom. The number of amides is 1. The molecule has 3 aromatic rings. The second-order valence-corrected chi connectivity index (χ2v) is 8.78. The van der Waals surface area contributed by atoms with E-state index in [-0.39, 0.29) is 4.90 Å². The maximum atomic E-state index is 12.9. The Bertz CT molecular complexity index is 1240. The third-order valence-corrected chi connectivity index (χ3v) is 6.10. The fraction of sp³-hybridized carbons (Fsp3) is 0.0870. The molecule has 31 heavy (non-hydrogen) atoms. The van der Waals surface area contributed by atoms with Crippen molar-refractivity contribution >= 4 is 45.0 Å². The van der Waals surface area contributed by atoms with Gasteiger partial charge in [-0.05, 0) is 66.6 Å². The Labute approximate surface area is 186 Å². The fourth-order valence-corrected chi connectivity index (χ4v) is 4.34. The van der Waals surface area contributed by atoms with Crippen molar-refractivity contribution in [3.63, 3.8) is 0 Å². The quantitative estimate of drug-likeness (QED) is 0.484. The molecular weight excluding hydrogens is 436 g/mol. The lowest BCUT2D eigenvalue weighted by atomic mass is 10.2. The number of carbonyl (C=O) groups excluding carboxylic acids is 1. The largest absolute Gasteiger partial charge is 0.497 e. The van der Waals surface area contributed by atoms with Crippen LogP contribution in [0.15, 0.2) is 77.7 Å². The molecule has 0 aromatic heterocycles. The second kappa shape index (κ2) is 9.68. The van der Waals surface area contributed by atoms with Gasteiger partial charge in [0.2, 0.25) is 5.91 Å². The van der Waals surface area contributed by atoms with Gasteiger partial charge in [-0.25, -0.2) is 8.42 Å². The van der Waals surface area contributed by atoms with E-state index in [1.807, 2.05) is 18.2 Å². The lowest BCUT2D eigenvalue weighted by Gasteiger charge is -2.12. The summed E-state index contributed by atoms with van der Waals surface area (Å²) in [5.41, 5.74) is 2.05. The van der Waals surface area contributed by atoms with Crippen LogP contribution in [0.4, 0.5) is 11.4 Å². The summed E-state index contributed by atoms with van der Waals surface area (Å²) in [6.07, 6.45) is 3.01. The number of hydrogen-bond acceptors (Lipinski definition) is 4. The van der Waals surface area contributed by atoms with Crippen molar-refractivity contribution in [2.45, 2.75) is 11.8 Å². The average molecular weight is 457 g/mol. The molecule has 0 atom stereocenters. The molecule has 3 rings (SSSR count). The highest BCUT2D eigenvalue weighted by molar-refractivity contribution is 7.92. The van der Waals surface area contributed by atoms with Gasteiger partial charge in [-0.3, -0.25) is 9.52 Å². The summed E-state index contributed by atoms with van der Waals surface area (Å²) in [5, 5.41) is 3.10. The Kier molecular flexibility index (Phi) is 6.99. The predicted molar refractivity (Wildman–Crippen MR) is 124 cm³/mol. The van der Waals surface area contributed by atoms with Crippen molar-refractivity contribution in [1.82, 2.24) is 0 Å². The lowest BCUT2D eigenvalue weighted by molar-refractivity contribution is -0.111. The molecule has 0 saturated carbocycles. The molecular formula is C23H21ClN2O4S. The van der Waals surface area contributed by atoms with Crippen molar-refractivity contribution in [1.29, 1.82) is 0 Å². The summed E-state index contributed by atoms with van der Waals surface area (Å²) < 4.78 is 33.4.